The second-order valence-corrected chi connectivity index (χ2v) is 4.58. The number of nitrogen functional groups attached to an aromatic ring is 1. The second kappa shape index (κ2) is 5.28. The van der Waals surface area contributed by atoms with Gasteiger partial charge in [-0.05, 0) is 30.3 Å². The fraction of sp³-hybridized carbons (Fsp3) is 0.0625. The predicted octanol–water partition coefficient (Wildman–Crippen LogP) is 3.71. The number of anilines is 3. The summed E-state index contributed by atoms with van der Waals surface area (Å²) in [5.74, 6) is 0.767. The average molecular weight is 283 g/mol. The molecule has 0 fully saturated rings. The van der Waals surface area contributed by atoms with Gasteiger partial charge in [0, 0.05) is 29.0 Å². The van der Waals surface area contributed by atoms with Gasteiger partial charge in [-0.1, -0.05) is 6.07 Å². The summed E-state index contributed by atoms with van der Waals surface area (Å²) >= 11 is 0. The Morgan fingerprint density at radius 3 is 2.86 bits per heavy atom. The molecule has 106 valence electrons. The number of halogens is 1. The van der Waals surface area contributed by atoms with Gasteiger partial charge in [0.25, 0.3) is 0 Å². The van der Waals surface area contributed by atoms with Crippen LogP contribution in [0, 0.1) is 5.82 Å². The second-order valence-electron chi connectivity index (χ2n) is 4.58. The highest BCUT2D eigenvalue weighted by Gasteiger charge is 2.10. The fourth-order valence-electron chi connectivity index (χ4n) is 2.21. The minimum Gasteiger partial charge on any atom is -0.497 e. The molecule has 3 aromatic rings. The van der Waals surface area contributed by atoms with Crippen molar-refractivity contribution < 1.29 is 9.13 Å². The molecule has 0 aliphatic carbocycles. The number of rotatable bonds is 3. The molecule has 0 aliphatic heterocycles. The van der Waals surface area contributed by atoms with E-state index in [1.54, 1.807) is 25.4 Å². The topological polar surface area (TPSA) is 60.2 Å². The summed E-state index contributed by atoms with van der Waals surface area (Å²) in [6.07, 6.45) is 1.60. The number of hydrogen-bond acceptors (Lipinski definition) is 4. The van der Waals surface area contributed by atoms with Crippen LogP contribution in [0.25, 0.3) is 10.8 Å². The van der Waals surface area contributed by atoms with E-state index < -0.39 is 0 Å². The van der Waals surface area contributed by atoms with Gasteiger partial charge in [-0.15, -0.1) is 0 Å². The Bertz CT molecular complexity index is 805. The zero-order chi connectivity index (χ0) is 14.8. The Morgan fingerprint density at radius 2 is 2.05 bits per heavy atom. The van der Waals surface area contributed by atoms with Crippen LogP contribution in [0.15, 0.2) is 48.7 Å². The molecule has 3 rings (SSSR count). The molecule has 0 aliphatic rings. The van der Waals surface area contributed by atoms with E-state index in [1.807, 2.05) is 24.3 Å². The molecule has 0 atom stereocenters. The van der Waals surface area contributed by atoms with E-state index >= 15 is 0 Å². The molecule has 21 heavy (non-hydrogen) atoms. The van der Waals surface area contributed by atoms with E-state index in [-0.39, 0.29) is 5.82 Å². The van der Waals surface area contributed by atoms with E-state index in [0.717, 1.165) is 5.69 Å². The van der Waals surface area contributed by atoms with Crippen LogP contribution in [0.4, 0.5) is 21.6 Å². The quantitative estimate of drug-likeness (QED) is 0.719. The van der Waals surface area contributed by atoms with Crippen molar-refractivity contribution in [3.63, 3.8) is 0 Å². The number of nitrogens with zero attached hydrogens (tertiary/aromatic N) is 1. The summed E-state index contributed by atoms with van der Waals surface area (Å²) in [4.78, 5) is 4.21. The molecule has 5 heteroatoms. The molecular weight excluding hydrogens is 269 g/mol. The number of aromatic nitrogens is 1. The Kier molecular flexibility index (Phi) is 3.31. The zero-order valence-corrected chi connectivity index (χ0v) is 11.4. The number of pyridine rings is 1. The molecule has 0 bridgehead atoms. The molecule has 0 saturated carbocycles. The number of hydrogen-bond donors (Lipinski definition) is 2. The van der Waals surface area contributed by atoms with E-state index in [0.29, 0.717) is 28.0 Å². The SMILES string of the molecule is COc1cccc(Nc2nccc3c(N)ccc(F)c23)c1. The largest absolute Gasteiger partial charge is 0.497 e. The number of nitrogens with two attached hydrogens (primary N) is 1. The van der Waals surface area contributed by atoms with Gasteiger partial charge in [-0.25, -0.2) is 9.37 Å². The van der Waals surface area contributed by atoms with Crippen LogP contribution in [0.3, 0.4) is 0 Å². The first-order valence-electron chi connectivity index (χ1n) is 6.43. The highest BCUT2D eigenvalue weighted by Crippen LogP contribution is 2.31. The normalized spacial score (nSPS) is 10.6. The van der Waals surface area contributed by atoms with E-state index in [4.69, 9.17) is 10.5 Å². The van der Waals surface area contributed by atoms with Crippen molar-refractivity contribution in [1.82, 2.24) is 4.98 Å². The van der Waals surface area contributed by atoms with Crippen LogP contribution >= 0.6 is 0 Å². The van der Waals surface area contributed by atoms with Crippen molar-refractivity contribution >= 4 is 28.0 Å². The first kappa shape index (κ1) is 13.2. The van der Waals surface area contributed by atoms with Crippen molar-refractivity contribution in [1.29, 1.82) is 0 Å². The van der Waals surface area contributed by atoms with Gasteiger partial charge in [0.15, 0.2) is 0 Å². The minimum absolute atomic E-state index is 0.363. The first-order chi connectivity index (χ1) is 10.2. The smallest absolute Gasteiger partial charge is 0.141 e. The third kappa shape index (κ3) is 2.45. The molecule has 4 nitrogen and oxygen atoms in total. The Labute approximate surface area is 121 Å². The molecule has 3 N–H and O–H groups in total. The highest BCUT2D eigenvalue weighted by molar-refractivity contribution is 6.00. The molecule has 1 aromatic heterocycles. The summed E-state index contributed by atoms with van der Waals surface area (Å²) in [6.45, 7) is 0. The molecule has 0 unspecified atom stereocenters. The first-order valence-corrected chi connectivity index (χ1v) is 6.43. The number of fused-ring (bicyclic) bond motifs is 1. The summed E-state index contributed by atoms with van der Waals surface area (Å²) in [7, 11) is 1.59. The number of ether oxygens (including phenoxy) is 1. The van der Waals surface area contributed by atoms with Crippen LogP contribution in [0.2, 0.25) is 0 Å². The summed E-state index contributed by atoms with van der Waals surface area (Å²) < 4.78 is 19.3. The van der Waals surface area contributed by atoms with Crippen LogP contribution in [-0.4, -0.2) is 12.1 Å². The lowest BCUT2D eigenvalue weighted by atomic mass is 10.1. The van der Waals surface area contributed by atoms with Gasteiger partial charge in [-0.2, -0.15) is 0 Å². The van der Waals surface area contributed by atoms with Crippen molar-refractivity contribution in [2.45, 2.75) is 0 Å². The van der Waals surface area contributed by atoms with Crippen LogP contribution in [-0.2, 0) is 0 Å². The number of methoxy groups -OCH3 is 1. The van der Waals surface area contributed by atoms with Crippen molar-refractivity contribution in [2.24, 2.45) is 0 Å². The average Bonchev–Trinajstić information content (AvgIpc) is 2.51. The van der Waals surface area contributed by atoms with Crippen LogP contribution in [0.5, 0.6) is 5.75 Å². The standard InChI is InChI=1S/C16H14FN3O/c1-21-11-4-2-3-10(9-11)20-16-15-12(7-8-19-16)14(18)6-5-13(15)17/h2-9H,18H2,1H3,(H,19,20). The molecule has 2 aromatic carbocycles. The lowest BCUT2D eigenvalue weighted by Crippen LogP contribution is -1.98. The van der Waals surface area contributed by atoms with Crippen molar-refractivity contribution in [3.8, 4) is 5.75 Å². The molecule has 0 radical (unpaired) electrons. The minimum atomic E-state index is -0.363. The number of nitrogens with one attached hydrogen (secondary N) is 1. The van der Waals surface area contributed by atoms with Gasteiger partial charge in [0.2, 0.25) is 0 Å². The van der Waals surface area contributed by atoms with E-state index in [1.165, 1.54) is 6.07 Å². The molecule has 0 saturated heterocycles. The molecular formula is C16H14FN3O. The maximum absolute atomic E-state index is 14.1. The summed E-state index contributed by atoms with van der Waals surface area (Å²) in [6, 6.07) is 11.9. The van der Waals surface area contributed by atoms with Crippen LogP contribution in [0.1, 0.15) is 0 Å². The maximum atomic E-state index is 14.1. The fourth-order valence-corrected chi connectivity index (χ4v) is 2.21. The molecule has 0 amide bonds. The van der Waals surface area contributed by atoms with Crippen molar-refractivity contribution in [3.05, 3.63) is 54.5 Å². The van der Waals surface area contributed by atoms with Gasteiger partial charge >= 0.3 is 0 Å². The van der Waals surface area contributed by atoms with Gasteiger partial charge in [0.1, 0.15) is 17.4 Å². The van der Waals surface area contributed by atoms with Gasteiger partial charge in [0.05, 0.1) is 12.5 Å². The monoisotopic (exact) mass is 283 g/mol. The predicted molar refractivity (Wildman–Crippen MR) is 82.4 cm³/mol. The lowest BCUT2D eigenvalue weighted by molar-refractivity contribution is 0.415. The summed E-state index contributed by atoms with van der Waals surface area (Å²) in [5.41, 5.74) is 7.17. The van der Waals surface area contributed by atoms with Crippen molar-refractivity contribution in [2.75, 3.05) is 18.2 Å². The Balaban J connectivity index is 2.10. The number of benzene rings is 2. The van der Waals surface area contributed by atoms with Crippen LogP contribution < -0.4 is 15.8 Å². The third-order valence-electron chi connectivity index (χ3n) is 3.24. The Morgan fingerprint density at radius 1 is 1.19 bits per heavy atom. The molecule has 1 heterocycles. The maximum Gasteiger partial charge on any atom is 0.141 e. The van der Waals surface area contributed by atoms with E-state index in [9.17, 15) is 4.39 Å². The van der Waals surface area contributed by atoms with Gasteiger partial charge in [-0.3, -0.25) is 0 Å². The van der Waals surface area contributed by atoms with Gasteiger partial charge < -0.3 is 15.8 Å². The summed E-state index contributed by atoms with van der Waals surface area (Å²) in [5, 5.41) is 4.11. The lowest BCUT2D eigenvalue weighted by Gasteiger charge is -2.11. The highest BCUT2D eigenvalue weighted by atomic mass is 19.1. The zero-order valence-electron chi connectivity index (χ0n) is 11.4. The third-order valence-corrected chi connectivity index (χ3v) is 3.24. The van der Waals surface area contributed by atoms with E-state index in [2.05, 4.69) is 10.3 Å². The molecule has 0 spiro atoms. The Hall–Kier alpha value is -2.82.